The van der Waals surface area contributed by atoms with Gasteiger partial charge in [-0.25, -0.2) is 4.98 Å². The Balaban J connectivity index is 1.86. The average molecular weight is 369 g/mol. The highest BCUT2D eigenvalue weighted by molar-refractivity contribution is 5.29. The van der Waals surface area contributed by atoms with E-state index in [1.807, 2.05) is 18.2 Å². The molecule has 0 aliphatic carbocycles. The van der Waals surface area contributed by atoms with Crippen LogP contribution in [0.1, 0.15) is 43.0 Å². The van der Waals surface area contributed by atoms with Gasteiger partial charge in [0.15, 0.2) is 0 Å². The number of pyridine rings is 1. The van der Waals surface area contributed by atoms with E-state index in [1.54, 1.807) is 6.20 Å². The molecule has 1 aromatic heterocycles. The fourth-order valence-corrected chi connectivity index (χ4v) is 3.25. The molecule has 1 heterocycles. The third-order valence-corrected chi connectivity index (χ3v) is 4.76. The molecular formula is C26H28N2. The van der Waals surface area contributed by atoms with Crippen molar-refractivity contribution in [2.24, 2.45) is 0 Å². The summed E-state index contributed by atoms with van der Waals surface area (Å²) in [5, 5.41) is 0. The smallest absolute Gasteiger partial charge is 0.113 e. The van der Waals surface area contributed by atoms with E-state index in [2.05, 4.69) is 89.3 Å². The van der Waals surface area contributed by atoms with Crippen molar-refractivity contribution in [2.45, 2.75) is 45.3 Å². The zero-order valence-electron chi connectivity index (χ0n) is 16.6. The van der Waals surface area contributed by atoms with Crippen LogP contribution in [-0.4, -0.2) is 15.9 Å². The molecule has 0 saturated carbocycles. The molecule has 0 bridgehead atoms. The van der Waals surface area contributed by atoms with Gasteiger partial charge in [0.1, 0.15) is 5.69 Å². The van der Waals surface area contributed by atoms with Crippen molar-refractivity contribution in [1.82, 2.24) is 9.88 Å². The van der Waals surface area contributed by atoms with Crippen LogP contribution >= 0.6 is 0 Å². The van der Waals surface area contributed by atoms with E-state index in [4.69, 9.17) is 0 Å². The number of aromatic nitrogens is 1. The van der Waals surface area contributed by atoms with Gasteiger partial charge in [0, 0.05) is 19.3 Å². The topological polar surface area (TPSA) is 16.1 Å². The van der Waals surface area contributed by atoms with Crippen molar-refractivity contribution in [1.29, 1.82) is 0 Å². The molecule has 0 fully saturated rings. The maximum Gasteiger partial charge on any atom is 0.113 e. The first-order chi connectivity index (χ1) is 13.8. The molecule has 0 N–H and O–H groups in total. The Bertz CT molecular complexity index is 822. The predicted molar refractivity (Wildman–Crippen MR) is 117 cm³/mol. The summed E-state index contributed by atoms with van der Waals surface area (Å²) in [6, 6.07) is 27.4. The van der Waals surface area contributed by atoms with Crippen LogP contribution in [0.2, 0.25) is 0 Å². The number of unbranched alkanes of at least 4 members (excludes halogenated alkanes) is 1. The van der Waals surface area contributed by atoms with E-state index in [9.17, 15) is 0 Å². The molecule has 0 unspecified atom stereocenters. The average Bonchev–Trinajstić information content (AvgIpc) is 2.76. The maximum absolute atomic E-state index is 4.37. The molecule has 0 spiro atoms. The lowest BCUT2D eigenvalue weighted by atomic mass is 10.1. The third kappa shape index (κ3) is 6.37. The monoisotopic (exact) mass is 368 g/mol. The van der Waals surface area contributed by atoms with Gasteiger partial charge in [-0.15, -0.1) is 0 Å². The third-order valence-electron chi connectivity index (χ3n) is 4.76. The maximum atomic E-state index is 4.37. The molecule has 3 aromatic rings. The molecule has 0 saturated heterocycles. The highest BCUT2D eigenvalue weighted by Gasteiger charge is 2.17. The molecule has 2 aromatic carbocycles. The highest BCUT2D eigenvalue weighted by atomic mass is 15.1. The molecule has 3 rings (SSSR count). The van der Waals surface area contributed by atoms with Crippen molar-refractivity contribution in [3.63, 3.8) is 0 Å². The van der Waals surface area contributed by atoms with Crippen LogP contribution in [-0.2, 0) is 13.1 Å². The lowest BCUT2D eigenvalue weighted by molar-refractivity contribution is 0.206. The zero-order chi connectivity index (χ0) is 19.4. The van der Waals surface area contributed by atoms with E-state index in [0.29, 0.717) is 0 Å². The van der Waals surface area contributed by atoms with Crippen LogP contribution in [0.15, 0.2) is 85.1 Å². The normalized spacial score (nSPS) is 11.6. The Morgan fingerprint density at radius 2 is 1.43 bits per heavy atom. The minimum absolute atomic E-state index is 0.197. The van der Waals surface area contributed by atoms with Crippen LogP contribution in [0, 0.1) is 11.8 Å². The molecule has 0 radical (unpaired) electrons. The van der Waals surface area contributed by atoms with Gasteiger partial charge in [-0.05, 0) is 35.6 Å². The van der Waals surface area contributed by atoms with Crippen LogP contribution in [0.3, 0.4) is 0 Å². The second-order valence-corrected chi connectivity index (χ2v) is 7.02. The number of hydrogen-bond donors (Lipinski definition) is 0. The molecule has 0 amide bonds. The van der Waals surface area contributed by atoms with E-state index < -0.39 is 0 Å². The van der Waals surface area contributed by atoms with Crippen LogP contribution < -0.4 is 0 Å². The van der Waals surface area contributed by atoms with Gasteiger partial charge >= 0.3 is 0 Å². The SMILES string of the molecule is CCCC[C@@H](C#Cc1ccccn1)N(Cc1ccccc1)Cc1ccccc1. The Kier molecular flexibility index (Phi) is 7.85. The summed E-state index contributed by atoms with van der Waals surface area (Å²) in [6.45, 7) is 4.02. The molecule has 142 valence electrons. The summed E-state index contributed by atoms with van der Waals surface area (Å²) >= 11 is 0. The molecule has 0 aliphatic rings. The van der Waals surface area contributed by atoms with E-state index in [-0.39, 0.29) is 6.04 Å². The molecule has 2 nitrogen and oxygen atoms in total. The van der Waals surface area contributed by atoms with Crippen molar-refractivity contribution in [2.75, 3.05) is 0 Å². The number of hydrogen-bond acceptors (Lipinski definition) is 2. The fourth-order valence-electron chi connectivity index (χ4n) is 3.25. The molecular weight excluding hydrogens is 340 g/mol. The largest absolute Gasteiger partial charge is 0.281 e. The van der Waals surface area contributed by atoms with Crippen molar-refractivity contribution >= 4 is 0 Å². The first-order valence-corrected chi connectivity index (χ1v) is 10.1. The number of nitrogens with zero attached hydrogens (tertiary/aromatic N) is 2. The Hall–Kier alpha value is -2.89. The van der Waals surface area contributed by atoms with Crippen molar-refractivity contribution in [3.05, 3.63) is 102 Å². The summed E-state index contributed by atoms with van der Waals surface area (Å²) in [6.07, 6.45) is 5.21. The van der Waals surface area contributed by atoms with Crippen molar-refractivity contribution < 1.29 is 0 Å². The Morgan fingerprint density at radius 3 is 1.96 bits per heavy atom. The minimum Gasteiger partial charge on any atom is -0.281 e. The number of benzene rings is 2. The second-order valence-electron chi connectivity index (χ2n) is 7.02. The van der Waals surface area contributed by atoms with Crippen LogP contribution in [0.5, 0.6) is 0 Å². The standard InChI is InChI=1S/C26H28N2/c1-2-3-17-26(19-18-25-16-10-11-20-27-25)28(21-23-12-6-4-7-13-23)22-24-14-8-5-9-15-24/h4-16,20,26H,2-3,17,21-22H2,1H3/t26-/m0/s1. The van der Waals surface area contributed by atoms with Gasteiger partial charge in [-0.3, -0.25) is 4.90 Å². The van der Waals surface area contributed by atoms with E-state index in [1.165, 1.54) is 24.0 Å². The van der Waals surface area contributed by atoms with E-state index in [0.717, 1.165) is 25.2 Å². The van der Waals surface area contributed by atoms with Crippen molar-refractivity contribution in [3.8, 4) is 11.8 Å². The summed E-state index contributed by atoms with van der Waals surface area (Å²) in [5.41, 5.74) is 3.47. The second kappa shape index (κ2) is 11.1. The Morgan fingerprint density at radius 1 is 0.821 bits per heavy atom. The van der Waals surface area contributed by atoms with Gasteiger partial charge in [-0.2, -0.15) is 0 Å². The van der Waals surface area contributed by atoms with Gasteiger partial charge in [0.25, 0.3) is 0 Å². The zero-order valence-corrected chi connectivity index (χ0v) is 16.6. The summed E-state index contributed by atoms with van der Waals surface area (Å²) in [5.74, 6) is 6.83. The fraction of sp³-hybridized carbons (Fsp3) is 0.269. The number of rotatable bonds is 8. The lowest BCUT2D eigenvalue weighted by Gasteiger charge is -2.28. The van der Waals surface area contributed by atoms with Gasteiger partial charge in [0.05, 0.1) is 6.04 Å². The molecule has 0 aliphatic heterocycles. The van der Waals surface area contributed by atoms with Gasteiger partial charge in [0.2, 0.25) is 0 Å². The quantitative estimate of drug-likeness (QED) is 0.475. The molecule has 28 heavy (non-hydrogen) atoms. The van der Waals surface area contributed by atoms with Gasteiger partial charge in [-0.1, -0.05) is 92.4 Å². The molecule has 1 atom stereocenters. The van der Waals surface area contributed by atoms with Crippen LogP contribution in [0.25, 0.3) is 0 Å². The first kappa shape index (κ1) is 19.9. The van der Waals surface area contributed by atoms with Crippen LogP contribution in [0.4, 0.5) is 0 Å². The minimum atomic E-state index is 0.197. The first-order valence-electron chi connectivity index (χ1n) is 10.1. The lowest BCUT2D eigenvalue weighted by Crippen LogP contribution is -2.33. The summed E-state index contributed by atoms with van der Waals surface area (Å²) in [7, 11) is 0. The van der Waals surface area contributed by atoms with E-state index >= 15 is 0 Å². The predicted octanol–water partition coefficient (Wildman–Crippen LogP) is 5.69. The summed E-state index contributed by atoms with van der Waals surface area (Å²) in [4.78, 5) is 6.86. The van der Waals surface area contributed by atoms with Gasteiger partial charge < -0.3 is 0 Å². The Labute approximate surface area is 169 Å². The summed E-state index contributed by atoms with van der Waals surface area (Å²) < 4.78 is 0. The highest BCUT2D eigenvalue weighted by Crippen LogP contribution is 2.17. The molecule has 2 heteroatoms.